The minimum absolute atomic E-state index is 0.133. The Bertz CT molecular complexity index is 685. The molecule has 1 aliphatic heterocycles. The Labute approximate surface area is 163 Å². The lowest BCUT2D eigenvalue weighted by molar-refractivity contribution is -0.0784. The largest absolute Gasteiger partial charge is 0.415 e. The van der Waals surface area contributed by atoms with Crippen LogP contribution in [-0.4, -0.2) is 56.4 Å². The fourth-order valence-corrected chi connectivity index (χ4v) is 5.39. The number of aliphatic hydroxyl groups excluding tert-OH is 1. The molecular weight excluding hydrogens is 382 g/mol. The van der Waals surface area contributed by atoms with E-state index < -0.39 is 47.6 Å². The van der Waals surface area contributed by atoms with E-state index in [1.165, 1.54) is 16.8 Å². The molecule has 10 heteroatoms. The lowest BCUT2D eigenvalue weighted by Crippen LogP contribution is -2.48. The molecule has 0 aliphatic carbocycles. The summed E-state index contributed by atoms with van der Waals surface area (Å²) in [6, 6.07) is 2.42. The molecule has 2 rings (SSSR count). The van der Waals surface area contributed by atoms with Gasteiger partial charge in [0.15, 0.2) is 23.6 Å². The summed E-state index contributed by atoms with van der Waals surface area (Å²) in [6.45, 7) is 12.5. The number of nitrogens with zero attached hydrogens (tertiary/aromatic N) is 2. The zero-order chi connectivity index (χ0) is 20.4. The van der Waals surface area contributed by atoms with Gasteiger partial charge in [0.1, 0.15) is 24.1 Å². The predicted molar refractivity (Wildman–Crippen MR) is 110 cm³/mol. The number of hydrogen-bond donors (Lipinski definition) is 2. The summed E-state index contributed by atoms with van der Waals surface area (Å²) >= 11 is 0. The molecule has 27 heavy (non-hydrogen) atoms. The highest BCUT2D eigenvalue weighted by atomic mass is 28.4. The third-order valence-electron chi connectivity index (χ3n) is 4.90. The van der Waals surface area contributed by atoms with E-state index >= 15 is 0 Å². The van der Waals surface area contributed by atoms with Gasteiger partial charge < -0.3 is 24.4 Å². The molecule has 0 spiro atoms. The molecule has 5 unspecified atom stereocenters. The fourth-order valence-electron chi connectivity index (χ4n) is 3.17. The van der Waals surface area contributed by atoms with Crippen molar-refractivity contribution in [1.29, 1.82) is 0 Å². The van der Waals surface area contributed by atoms with Gasteiger partial charge in [0.05, 0.1) is 6.10 Å². The van der Waals surface area contributed by atoms with Crippen molar-refractivity contribution in [2.45, 2.75) is 83.1 Å². The fraction of sp³-hybridized carbons (Fsp3) is 0.765. The summed E-state index contributed by atoms with van der Waals surface area (Å²) < 4.78 is 20.0. The van der Waals surface area contributed by atoms with Gasteiger partial charge in [-0.05, 0) is 44.7 Å². The zero-order valence-electron chi connectivity index (χ0n) is 17.1. The van der Waals surface area contributed by atoms with Crippen LogP contribution in [0.4, 0.5) is 5.82 Å². The van der Waals surface area contributed by atoms with Crippen LogP contribution in [0.1, 0.15) is 26.5 Å². The zero-order valence-corrected chi connectivity index (χ0v) is 19.2. The summed E-state index contributed by atoms with van der Waals surface area (Å²) in [5.41, 5.74) is 5.02. The van der Waals surface area contributed by atoms with E-state index in [2.05, 4.69) is 38.1 Å². The summed E-state index contributed by atoms with van der Waals surface area (Å²) in [4.78, 5) is 16.0. The third-order valence-corrected chi connectivity index (χ3v) is 8.40. The number of ether oxygens (including phenoxy) is 1. The molecule has 2 heterocycles. The highest BCUT2D eigenvalue weighted by molar-refractivity contribution is 6.71. The number of rotatable bonds is 8. The Morgan fingerprint density at radius 1 is 1.44 bits per heavy atom. The molecular formula is C17H33N3O5Si2. The van der Waals surface area contributed by atoms with Crippen molar-refractivity contribution in [3.05, 3.63) is 22.7 Å². The molecule has 1 saturated heterocycles. The van der Waals surface area contributed by atoms with Crippen molar-refractivity contribution in [1.82, 2.24) is 9.55 Å². The van der Waals surface area contributed by atoms with Gasteiger partial charge in [-0.3, -0.25) is 4.57 Å². The SMILES string of the molecule is CCC(O[SiH](C)C)C1OC(n2ccc(N)nc2=O)C(O)C1O[Si](C)(C)CC. The molecule has 0 radical (unpaired) electrons. The Morgan fingerprint density at radius 2 is 2.11 bits per heavy atom. The number of anilines is 1. The topological polar surface area (TPSA) is 109 Å². The van der Waals surface area contributed by atoms with Gasteiger partial charge >= 0.3 is 5.69 Å². The van der Waals surface area contributed by atoms with Crippen LogP contribution in [0, 0.1) is 0 Å². The monoisotopic (exact) mass is 415 g/mol. The molecule has 0 amide bonds. The molecule has 1 aliphatic rings. The molecule has 1 aromatic heterocycles. The van der Waals surface area contributed by atoms with Gasteiger partial charge in [-0.2, -0.15) is 4.98 Å². The van der Waals surface area contributed by atoms with Crippen LogP contribution in [-0.2, 0) is 13.6 Å². The van der Waals surface area contributed by atoms with E-state index in [1.807, 2.05) is 6.92 Å². The summed E-state index contributed by atoms with van der Waals surface area (Å²) in [7, 11) is -3.31. The first kappa shape index (κ1) is 22.2. The van der Waals surface area contributed by atoms with Crippen LogP contribution in [0.5, 0.6) is 0 Å². The highest BCUT2D eigenvalue weighted by Gasteiger charge is 2.50. The Kier molecular flexibility index (Phi) is 7.39. The Balaban J connectivity index is 2.38. The van der Waals surface area contributed by atoms with E-state index in [0.29, 0.717) is 0 Å². The van der Waals surface area contributed by atoms with Crippen molar-refractivity contribution in [2.75, 3.05) is 5.73 Å². The average Bonchev–Trinajstić information content (AvgIpc) is 2.89. The molecule has 0 bridgehead atoms. The third kappa shape index (κ3) is 5.27. The minimum Gasteiger partial charge on any atom is -0.415 e. The molecule has 0 aromatic carbocycles. The van der Waals surface area contributed by atoms with Gasteiger partial charge in [-0.25, -0.2) is 4.79 Å². The number of aromatic nitrogens is 2. The Hall–Kier alpha value is -1.05. The van der Waals surface area contributed by atoms with Crippen molar-refractivity contribution < 1.29 is 18.7 Å². The predicted octanol–water partition coefficient (Wildman–Crippen LogP) is 1.47. The lowest BCUT2D eigenvalue weighted by Gasteiger charge is -2.34. The van der Waals surface area contributed by atoms with E-state index in [9.17, 15) is 9.90 Å². The van der Waals surface area contributed by atoms with Gasteiger partial charge in [-0.15, -0.1) is 0 Å². The van der Waals surface area contributed by atoms with Crippen molar-refractivity contribution >= 4 is 23.2 Å². The molecule has 154 valence electrons. The van der Waals surface area contributed by atoms with Gasteiger partial charge in [0, 0.05) is 6.20 Å². The van der Waals surface area contributed by atoms with Crippen LogP contribution < -0.4 is 11.4 Å². The van der Waals surface area contributed by atoms with Crippen LogP contribution in [0.2, 0.25) is 32.2 Å². The second-order valence-corrected chi connectivity index (χ2v) is 14.7. The second kappa shape index (κ2) is 8.97. The Morgan fingerprint density at radius 3 is 2.63 bits per heavy atom. The smallest absolute Gasteiger partial charge is 0.351 e. The standard InChI is InChI=1S/C17H33N3O5Si2/c1-7-11(24-26(3)4)14-15(25-27(5,6)8-2)13(21)16(23-14)20-10-9-12(18)19-17(20)22/h9-11,13-16,21,26H,7-8H2,1-6H3,(H2,18,19,22). The summed E-state index contributed by atoms with van der Waals surface area (Å²) in [6.07, 6.45) is -0.846. The summed E-state index contributed by atoms with van der Waals surface area (Å²) in [5, 5.41) is 11.0. The van der Waals surface area contributed by atoms with Crippen LogP contribution in [0.15, 0.2) is 17.1 Å². The molecule has 1 aromatic rings. The molecule has 3 N–H and O–H groups in total. The van der Waals surface area contributed by atoms with Gasteiger partial charge in [-0.1, -0.05) is 13.8 Å². The van der Waals surface area contributed by atoms with Gasteiger partial charge in [0.25, 0.3) is 0 Å². The molecule has 1 fully saturated rings. The van der Waals surface area contributed by atoms with Crippen LogP contribution >= 0.6 is 0 Å². The number of nitrogen functional groups attached to an aromatic ring is 1. The maximum Gasteiger partial charge on any atom is 0.351 e. The van der Waals surface area contributed by atoms with Crippen molar-refractivity contribution in [3.8, 4) is 0 Å². The first-order valence-electron chi connectivity index (χ1n) is 9.61. The highest BCUT2D eigenvalue weighted by Crippen LogP contribution is 2.36. The van der Waals surface area contributed by atoms with E-state index in [4.69, 9.17) is 19.3 Å². The summed E-state index contributed by atoms with van der Waals surface area (Å²) in [5.74, 6) is 0.133. The number of hydrogen-bond acceptors (Lipinski definition) is 7. The van der Waals surface area contributed by atoms with Crippen molar-refractivity contribution in [3.63, 3.8) is 0 Å². The lowest BCUT2D eigenvalue weighted by atomic mass is 10.0. The van der Waals surface area contributed by atoms with E-state index in [1.54, 1.807) is 0 Å². The first-order chi connectivity index (χ1) is 12.6. The number of aliphatic hydroxyl groups is 1. The van der Waals surface area contributed by atoms with Crippen LogP contribution in [0.25, 0.3) is 0 Å². The first-order valence-corrected chi connectivity index (χ1v) is 15.5. The quantitative estimate of drug-likeness (QED) is 0.619. The van der Waals surface area contributed by atoms with Gasteiger partial charge in [0.2, 0.25) is 0 Å². The molecule has 0 saturated carbocycles. The second-order valence-electron chi connectivity index (χ2n) is 7.85. The van der Waals surface area contributed by atoms with E-state index in [-0.39, 0.29) is 11.9 Å². The number of nitrogens with two attached hydrogens (primary N) is 1. The maximum absolute atomic E-state index is 12.3. The average molecular weight is 416 g/mol. The van der Waals surface area contributed by atoms with Crippen LogP contribution in [0.3, 0.4) is 0 Å². The maximum atomic E-state index is 12.3. The van der Waals surface area contributed by atoms with Crippen molar-refractivity contribution in [2.24, 2.45) is 0 Å². The normalized spacial score (nSPS) is 27.3. The minimum atomic E-state index is -1.98. The molecule has 8 nitrogen and oxygen atoms in total. The molecule has 5 atom stereocenters. The van der Waals surface area contributed by atoms with E-state index in [0.717, 1.165) is 12.5 Å².